The van der Waals surface area contributed by atoms with Gasteiger partial charge in [-0.25, -0.2) is 15.0 Å². The molecule has 0 bridgehead atoms. The topological polar surface area (TPSA) is 125 Å². The monoisotopic (exact) mass is 617 g/mol. The van der Waals surface area contributed by atoms with E-state index in [9.17, 15) is 0 Å². The van der Waals surface area contributed by atoms with E-state index < -0.39 is 0 Å². The van der Waals surface area contributed by atoms with Crippen molar-refractivity contribution in [2.45, 2.75) is 48.5 Å². The Labute approximate surface area is 273 Å². The first-order valence-corrected chi connectivity index (χ1v) is 14.7. The van der Waals surface area contributed by atoms with Crippen LogP contribution in [-0.4, -0.2) is 44.9 Å². The standard InChI is InChI=1S/C7H8.3C6H7N.3C4H6N2/c1-7-5-3-2-4-6-7;1-6-2-4-7-5-3-6;1-6-3-2-4-7-5-6;1-6-4-2-3-5-7-6;2*1-4-2-5-3-6-4;1-4-5-2-3-6-4/h2-6H,1H3;3*2-5H,1H3;3*2-3H,1H3,(H,5,6). The number of hydrogen-bond acceptors (Lipinski definition) is 6. The van der Waals surface area contributed by atoms with Crippen LogP contribution in [0.1, 0.15) is 39.6 Å². The van der Waals surface area contributed by atoms with Gasteiger partial charge in [0.2, 0.25) is 0 Å². The number of hydrogen-bond donors (Lipinski definition) is 3. The number of nitrogens with zero attached hydrogens (tertiary/aromatic N) is 6. The van der Waals surface area contributed by atoms with Crippen molar-refractivity contribution in [3.8, 4) is 0 Å². The van der Waals surface area contributed by atoms with Crippen molar-refractivity contribution in [3.63, 3.8) is 0 Å². The summed E-state index contributed by atoms with van der Waals surface area (Å²) in [6.07, 6.45) is 19.4. The van der Waals surface area contributed by atoms with Crippen LogP contribution in [0, 0.1) is 48.5 Å². The van der Waals surface area contributed by atoms with Gasteiger partial charge in [0.1, 0.15) is 5.82 Å². The van der Waals surface area contributed by atoms with Gasteiger partial charge in [-0.15, -0.1) is 0 Å². The molecule has 0 radical (unpaired) electrons. The van der Waals surface area contributed by atoms with Crippen molar-refractivity contribution < 1.29 is 0 Å². The zero-order valence-electron chi connectivity index (χ0n) is 28.0. The molecule has 3 N–H and O–H groups in total. The summed E-state index contributed by atoms with van der Waals surface area (Å²) in [4.78, 5) is 31.8. The number of aromatic amines is 3. The van der Waals surface area contributed by atoms with Crippen LogP contribution in [0.25, 0.3) is 0 Å². The molecule has 9 nitrogen and oxygen atoms in total. The van der Waals surface area contributed by atoms with Gasteiger partial charge in [0, 0.05) is 72.9 Å². The van der Waals surface area contributed by atoms with E-state index in [4.69, 9.17) is 0 Å². The van der Waals surface area contributed by atoms with E-state index in [1.165, 1.54) is 16.7 Å². The molecule has 0 atom stereocenters. The lowest BCUT2D eigenvalue weighted by Gasteiger charge is -1.82. The summed E-state index contributed by atoms with van der Waals surface area (Å²) in [6, 6.07) is 24.0. The molecule has 7 rings (SSSR count). The molecule has 0 spiro atoms. The van der Waals surface area contributed by atoms with Crippen LogP contribution in [0.4, 0.5) is 0 Å². The zero-order chi connectivity index (χ0) is 33.7. The van der Waals surface area contributed by atoms with Crippen molar-refractivity contribution in [1.82, 2.24) is 44.9 Å². The molecule has 0 aliphatic rings. The second-order valence-corrected chi connectivity index (χ2v) is 9.82. The van der Waals surface area contributed by atoms with Gasteiger partial charge in [0.05, 0.1) is 12.7 Å². The van der Waals surface area contributed by atoms with E-state index in [1.54, 1.807) is 62.2 Å². The lowest BCUT2D eigenvalue weighted by atomic mass is 10.2. The van der Waals surface area contributed by atoms with Gasteiger partial charge in [0.25, 0.3) is 0 Å². The molecule has 0 fully saturated rings. The van der Waals surface area contributed by atoms with Crippen LogP contribution in [0.2, 0.25) is 0 Å². The van der Waals surface area contributed by atoms with E-state index in [1.807, 2.05) is 108 Å². The molecule has 0 aliphatic carbocycles. The smallest absolute Gasteiger partial charge is 0.102 e. The Morgan fingerprint density at radius 2 is 1.00 bits per heavy atom. The van der Waals surface area contributed by atoms with Gasteiger partial charge in [0.15, 0.2) is 0 Å². The van der Waals surface area contributed by atoms with E-state index in [0.29, 0.717) is 0 Å². The maximum absolute atomic E-state index is 3.98. The summed E-state index contributed by atoms with van der Waals surface area (Å²) < 4.78 is 0. The fraction of sp³-hybridized carbons (Fsp3) is 0.189. The fourth-order valence-electron chi connectivity index (χ4n) is 2.85. The van der Waals surface area contributed by atoms with Crippen molar-refractivity contribution in [3.05, 3.63) is 181 Å². The predicted octanol–water partition coefficient (Wildman–Crippen LogP) is 8.32. The van der Waals surface area contributed by atoms with Gasteiger partial charge in [-0.2, -0.15) is 0 Å². The zero-order valence-corrected chi connectivity index (χ0v) is 28.0. The molecular formula is C37H47N9. The molecule has 0 aliphatic heterocycles. The van der Waals surface area contributed by atoms with Gasteiger partial charge < -0.3 is 15.0 Å². The molecule has 6 heterocycles. The normalized spacial score (nSPS) is 8.76. The summed E-state index contributed by atoms with van der Waals surface area (Å²) in [5.41, 5.74) is 7.08. The lowest BCUT2D eigenvalue weighted by molar-refractivity contribution is 1.15. The summed E-state index contributed by atoms with van der Waals surface area (Å²) in [5, 5.41) is 0. The van der Waals surface area contributed by atoms with Crippen molar-refractivity contribution in [1.29, 1.82) is 0 Å². The summed E-state index contributed by atoms with van der Waals surface area (Å²) >= 11 is 0. The number of H-pyrrole nitrogens is 3. The van der Waals surface area contributed by atoms with Gasteiger partial charge in [-0.1, -0.05) is 48.0 Å². The van der Waals surface area contributed by atoms with Crippen LogP contribution in [-0.2, 0) is 0 Å². The predicted molar refractivity (Wildman–Crippen MR) is 188 cm³/mol. The molecule has 0 unspecified atom stereocenters. The second-order valence-electron chi connectivity index (χ2n) is 9.82. The highest BCUT2D eigenvalue weighted by atomic mass is 14.9. The van der Waals surface area contributed by atoms with Crippen LogP contribution < -0.4 is 0 Å². The van der Waals surface area contributed by atoms with E-state index in [-0.39, 0.29) is 0 Å². The maximum atomic E-state index is 3.98. The van der Waals surface area contributed by atoms with Gasteiger partial charge in [-0.3, -0.25) is 15.0 Å². The average Bonchev–Trinajstić information content (AvgIpc) is 3.86. The number of rotatable bonds is 0. The van der Waals surface area contributed by atoms with E-state index in [0.717, 1.165) is 22.9 Å². The summed E-state index contributed by atoms with van der Waals surface area (Å²) in [5.74, 6) is 0.968. The fourth-order valence-corrected chi connectivity index (χ4v) is 2.85. The van der Waals surface area contributed by atoms with Crippen molar-refractivity contribution in [2.24, 2.45) is 0 Å². The molecule has 9 heteroatoms. The Bertz CT molecular complexity index is 1330. The van der Waals surface area contributed by atoms with Crippen LogP contribution in [0.5, 0.6) is 0 Å². The van der Waals surface area contributed by atoms with Crippen LogP contribution in [0.3, 0.4) is 0 Å². The lowest BCUT2D eigenvalue weighted by Crippen LogP contribution is -1.72. The summed E-state index contributed by atoms with van der Waals surface area (Å²) in [7, 11) is 0. The number of aromatic nitrogens is 9. The Morgan fingerprint density at radius 3 is 1.22 bits per heavy atom. The Kier molecular flexibility index (Phi) is 21.5. The molecule has 6 aromatic heterocycles. The highest BCUT2D eigenvalue weighted by Crippen LogP contribution is 1.92. The number of imidazole rings is 3. The molecule has 46 heavy (non-hydrogen) atoms. The molecule has 0 saturated carbocycles. The SMILES string of the molecule is Cc1ccccc1.Cc1ccccn1.Cc1cccnc1.Cc1ccncc1.Cc1cnc[nH]1.Cc1cnc[nH]1.Cc1ncc[nH]1. The Hall–Kier alpha value is -5.70. The van der Waals surface area contributed by atoms with Crippen molar-refractivity contribution >= 4 is 0 Å². The first-order valence-electron chi connectivity index (χ1n) is 14.7. The minimum atomic E-state index is 0.968. The van der Waals surface area contributed by atoms with E-state index in [2.05, 4.69) is 63.9 Å². The minimum absolute atomic E-state index is 0.968. The number of nitrogens with one attached hydrogen (secondary N) is 3. The first kappa shape index (κ1) is 38.3. The largest absolute Gasteiger partial charge is 0.349 e. The van der Waals surface area contributed by atoms with Gasteiger partial charge in [-0.05, 0) is 89.9 Å². The third kappa shape index (κ3) is 23.8. The Balaban J connectivity index is 0.000000269. The molecule has 0 saturated heterocycles. The first-order chi connectivity index (χ1) is 22.3. The van der Waals surface area contributed by atoms with Crippen LogP contribution in [0.15, 0.2) is 141 Å². The molecule has 1 aromatic carbocycles. The molecular weight excluding hydrogens is 570 g/mol. The molecule has 7 aromatic rings. The number of aryl methyl sites for hydroxylation is 7. The Morgan fingerprint density at radius 1 is 0.413 bits per heavy atom. The highest BCUT2D eigenvalue weighted by molar-refractivity contribution is 5.11. The molecule has 240 valence electrons. The molecule has 0 amide bonds. The third-order valence-corrected chi connectivity index (χ3v) is 5.31. The maximum Gasteiger partial charge on any atom is 0.102 e. The van der Waals surface area contributed by atoms with Crippen molar-refractivity contribution in [2.75, 3.05) is 0 Å². The second kappa shape index (κ2) is 25.8. The number of benzene rings is 1. The third-order valence-electron chi connectivity index (χ3n) is 5.31. The number of pyridine rings is 3. The van der Waals surface area contributed by atoms with Crippen LogP contribution >= 0.6 is 0 Å². The summed E-state index contributed by atoms with van der Waals surface area (Å²) in [6.45, 7) is 14.0. The minimum Gasteiger partial charge on any atom is -0.349 e. The quantitative estimate of drug-likeness (QED) is 0.157. The van der Waals surface area contributed by atoms with E-state index >= 15 is 0 Å². The van der Waals surface area contributed by atoms with Gasteiger partial charge >= 0.3 is 0 Å². The highest BCUT2D eigenvalue weighted by Gasteiger charge is 1.77. The average molecular weight is 618 g/mol.